The van der Waals surface area contributed by atoms with Crippen LogP contribution in [0.5, 0.6) is 0 Å². The summed E-state index contributed by atoms with van der Waals surface area (Å²) in [4.78, 5) is 35.6. The first kappa shape index (κ1) is 16.2. The van der Waals surface area contributed by atoms with E-state index >= 15 is 0 Å². The molecular weight excluding hydrogens is 286 g/mol. The molecule has 0 aliphatic carbocycles. The van der Waals surface area contributed by atoms with Gasteiger partial charge in [0.25, 0.3) is 5.91 Å². The van der Waals surface area contributed by atoms with E-state index in [0.717, 1.165) is 0 Å². The third-order valence-electron chi connectivity index (χ3n) is 3.48. The Hall–Kier alpha value is -2.22. The largest absolute Gasteiger partial charge is 0.383 e. The van der Waals surface area contributed by atoms with Crippen molar-refractivity contribution in [2.75, 3.05) is 51.3 Å². The number of amides is 2. The highest BCUT2D eigenvalue weighted by atomic mass is 16.5. The van der Waals surface area contributed by atoms with Crippen LogP contribution in [-0.4, -0.2) is 73.1 Å². The van der Waals surface area contributed by atoms with Gasteiger partial charge < -0.3 is 19.9 Å². The average Bonchev–Trinajstić information content (AvgIpc) is 2.55. The minimum Gasteiger partial charge on any atom is -0.383 e. The molecule has 1 aromatic heterocycles. The van der Waals surface area contributed by atoms with Crippen molar-refractivity contribution in [3.8, 4) is 0 Å². The lowest BCUT2D eigenvalue weighted by Gasteiger charge is -2.34. The number of aromatic nitrogens is 2. The Morgan fingerprint density at radius 2 is 2.05 bits per heavy atom. The number of carbonyl (C=O) groups excluding carboxylic acids is 2. The van der Waals surface area contributed by atoms with E-state index in [1.54, 1.807) is 31.2 Å². The zero-order chi connectivity index (χ0) is 15.9. The van der Waals surface area contributed by atoms with E-state index in [9.17, 15) is 9.59 Å². The molecule has 0 atom stereocenters. The Morgan fingerprint density at radius 3 is 2.68 bits per heavy atom. The van der Waals surface area contributed by atoms with Crippen molar-refractivity contribution in [2.45, 2.75) is 6.92 Å². The molecule has 1 fully saturated rings. The summed E-state index contributed by atoms with van der Waals surface area (Å²) in [6.45, 7) is 5.06. The number of hydrogen-bond acceptors (Lipinski definition) is 6. The molecular formula is C14H21N5O3. The second-order valence-corrected chi connectivity index (χ2v) is 4.98. The Bertz CT molecular complexity index is 529. The van der Waals surface area contributed by atoms with E-state index in [4.69, 9.17) is 4.74 Å². The standard InChI is InChI=1S/C14H21N5O3/c1-11(20)18-6-8-19(9-7-18)14-16-4-3-12(17-14)13(21)15-5-10-22-2/h3-4H,5-10H2,1-2H3,(H,15,21). The molecule has 0 saturated carbocycles. The normalized spacial score (nSPS) is 14.8. The number of ether oxygens (including phenoxy) is 1. The molecule has 22 heavy (non-hydrogen) atoms. The number of hydrogen-bond donors (Lipinski definition) is 1. The van der Waals surface area contributed by atoms with Crippen molar-refractivity contribution < 1.29 is 14.3 Å². The molecule has 120 valence electrons. The van der Waals surface area contributed by atoms with Crippen molar-refractivity contribution in [2.24, 2.45) is 0 Å². The minimum absolute atomic E-state index is 0.0758. The van der Waals surface area contributed by atoms with Gasteiger partial charge >= 0.3 is 0 Å². The maximum atomic E-state index is 12.0. The summed E-state index contributed by atoms with van der Waals surface area (Å²) in [6, 6.07) is 1.58. The summed E-state index contributed by atoms with van der Waals surface area (Å²) < 4.78 is 4.89. The smallest absolute Gasteiger partial charge is 0.270 e. The molecule has 0 unspecified atom stereocenters. The Kier molecular flexibility index (Phi) is 5.65. The van der Waals surface area contributed by atoms with Gasteiger partial charge in [-0.15, -0.1) is 0 Å². The van der Waals surface area contributed by atoms with E-state index in [2.05, 4.69) is 15.3 Å². The van der Waals surface area contributed by atoms with Crippen LogP contribution in [0.4, 0.5) is 5.95 Å². The zero-order valence-electron chi connectivity index (χ0n) is 12.9. The number of nitrogens with zero attached hydrogens (tertiary/aromatic N) is 4. The summed E-state index contributed by atoms with van der Waals surface area (Å²) in [5, 5.41) is 2.73. The van der Waals surface area contributed by atoms with Gasteiger partial charge in [0.15, 0.2) is 0 Å². The number of anilines is 1. The van der Waals surface area contributed by atoms with Crippen molar-refractivity contribution >= 4 is 17.8 Å². The Labute approximate surface area is 129 Å². The van der Waals surface area contributed by atoms with Gasteiger partial charge in [-0.25, -0.2) is 9.97 Å². The van der Waals surface area contributed by atoms with Crippen LogP contribution >= 0.6 is 0 Å². The molecule has 1 N–H and O–H groups in total. The molecule has 0 aromatic carbocycles. The van der Waals surface area contributed by atoms with Crippen molar-refractivity contribution in [1.29, 1.82) is 0 Å². The van der Waals surface area contributed by atoms with Crippen molar-refractivity contribution in [1.82, 2.24) is 20.2 Å². The predicted octanol–water partition coefficient (Wildman–Crippen LogP) is -0.479. The quantitative estimate of drug-likeness (QED) is 0.739. The Balaban J connectivity index is 1.97. The molecule has 0 radical (unpaired) electrons. The Morgan fingerprint density at radius 1 is 1.32 bits per heavy atom. The van der Waals surface area contributed by atoms with Gasteiger partial charge in [-0.3, -0.25) is 9.59 Å². The highest BCUT2D eigenvalue weighted by Gasteiger charge is 2.21. The van der Waals surface area contributed by atoms with Crippen LogP contribution < -0.4 is 10.2 Å². The van der Waals surface area contributed by atoms with Gasteiger partial charge in [0.05, 0.1) is 6.61 Å². The number of methoxy groups -OCH3 is 1. The van der Waals surface area contributed by atoms with Crippen LogP contribution in [0.15, 0.2) is 12.3 Å². The molecule has 1 saturated heterocycles. The molecule has 0 bridgehead atoms. The second-order valence-electron chi connectivity index (χ2n) is 4.98. The molecule has 1 aliphatic heterocycles. The fraction of sp³-hybridized carbons (Fsp3) is 0.571. The SMILES string of the molecule is COCCNC(=O)c1ccnc(N2CCN(C(C)=O)CC2)n1. The highest BCUT2D eigenvalue weighted by Crippen LogP contribution is 2.11. The summed E-state index contributed by atoms with van der Waals surface area (Å²) in [5.41, 5.74) is 0.329. The molecule has 1 aromatic rings. The van der Waals surface area contributed by atoms with Gasteiger partial charge in [-0.1, -0.05) is 0 Å². The van der Waals surface area contributed by atoms with Crippen LogP contribution in [-0.2, 0) is 9.53 Å². The fourth-order valence-electron chi connectivity index (χ4n) is 2.21. The van der Waals surface area contributed by atoms with Crippen LogP contribution in [0.2, 0.25) is 0 Å². The molecule has 0 spiro atoms. The molecule has 1 aliphatic rings. The van der Waals surface area contributed by atoms with Crippen LogP contribution in [0.3, 0.4) is 0 Å². The highest BCUT2D eigenvalue weighted by molar-refractivity contribution is 5.92. The lowest BCUT2D eigenvalue weighted by molar-refractivity contribution is -0.129. The van der Waals surface area contributed by atoms with Crippen LogP contribution in [0.1, 0.15) is 17.4 Å². The summed E-state index contributed by atoms with van der Waals surface area (Å²) in [7, 11) is 1.58. The summed E-state index contributed by atoms with van der Waals surface area (Å²) in [5.74, 6) is 0.345. The maximum absolute atomic E-state index is 12.0. The van der Waals surface area contributed by atoms with Crippen LogP contribution in [0, 0.1) is 0 Å². The third kappa shape index (κ3) is 4.14. The van der Waals surface area contributed by atoms with Crippen molar-refractivity contribution in [3.63, 3.8) is 0 Å². The number of nitrogens with one attached hydrogen (secondary N) is 1. The molecule has 8 heteroatoms. The predicted molar refractivity (Wildman–Crippen MR) is 80.7 cm³/mol. The fourth-order valence-corrected chi connectivity index (χ4v) is 2.21. The van der Waals surface area contributed by atoms with Gasteiger partial charge in [0, 0.05) is 53.0 Å². The van der Waals surface area contributed by atoms with Gasteiger partial charge in [0.1, 0.15) is 5.69 Å². The minimum atomic E-state index is -0.247. The van der Waals surface area contributed by atoms with E-state index in [0.29, 0.717) is 51.0 Å². The molecule has 2 amide bonds. The molecule has 2 heterocycles. The van der Waals surface area contributed by atoms with E-state index in [1.807, 2.05) is 4.90 Å². The van der Waals surface area contributed by atoms with Crippen LogP contribution in [0.25, 0.3) is 0 Å². The monoisotopic (exact) mass is 307 g/mol. The first-order valence-electron chi connectivity index (χ1n) is 7.22. The zero-order valence-corrected chi connectivity index (χ0v) is 12.9. The van der Waals surface area contributed by atoms with E-state index in [-0.39, 0.29) is 11.8 Å². The van der Waals surface area contributed by atoms with Gasteiger partial charge in [-0.2, -0.15) is 0 Å². The second kappa shape index (κ2) is 7.69. The topological polar surface area (TPSA) is 87.7 Å². The van der Waals surface area contributed by atoms with Gasteiger partial charge in [-0.05, 0) is 6.07 Å². The van der Waals surface area contributed by atoms with Gasteiger partial charge in [0.2, 0.25) is 11.9 Å². The van der Waals surface area contributed by atoms with E-state index < -0.39 is 0 Å². The lowest BCUT2D eigenvalue weighted by atomic mass is 10.3. The first-order chi connectivity index (χ1) is 10.6. The summed E-state index contributed by atoms with van der Waals surface area (Å²) >= 11 is 0. The number of carbonyl (C=O) groups is 2. The summed E-state index contributed by atoms with van der Waals surface area (Å²) in [6.07, 6.45) is 1.57. The lowest BCUT2D eigenvalue weighted by Crippen LogP contribution is -2.48. The first-order valence-corrected chi connectivity index (χ1v) is 7.22. The molecule has 8 nitrogen and oxygen atoms in total. The average molecular weight is 307 g/mol. The molecule has 2 rings (SSSR count). The number of rotatable bonds is 5. The maximum Gasteiger partial charge on any atom is 0.270 e. The third-order valence-corrected chi connectivity index (χ3v) is 3.48. The van der Waals surface area contributed by atoms with E-state index in [1.165, 1.54) is 0 Å². The number of piperazine rings is 1. The van der Waals surface area contributed by atoms with Crippen molar-refractivity contribution in [3.05, 3.63) is 18.0 Å².